The van der Waals surface area contributed by atoms with Crippen molar-refractivity contribution >= 4 is 5.91 Å². The van der Waals surface area contributed by atoms with Gasteiger partial charge in [-0.2, -0.15) is 0 Å². The van der Waals surface area contributed by atoms with Crippen LogP contribution in [0.5, 0.6) is 0 Å². The van der Waals surface area contributed by atoms with Crippen molar-refractivity contribution in [2.75, 3.05) is 6.61 Å². The molecule has 0 aliphatic heterocycles. The van der Waals surface area contributed by atoms with Crippen molar-refractivity contribution in [2.24, 2.45) is 0 Å². The van der Waals surface area contributed by atoms with Crippen LogP contribution in [0.3, 0.4) is 0 Å². The van der Waals surface area contributed by atoms with Gasteiger partial charge in [0, 0.05) is 0 Å². The number of allylic oxidation sites excluding steroid dienone is 2. The molecule has 0 aliphatic carbocycles. The summed E-state index contributed by atoms with van der Waals surface area (Å²) in [6, 6.07) is -1.00. The van der Waals surface area contributed by atoms with Gasteiger partial charge in [0.15, 0.2) is 0 Å². The lowest BCUT2D eigenvalue weighted by atomic mass is 10.00. The smallest absolute Gasteiger partial charge is 0.249 e. The van der Waals surface area contributed by atoms with Crippen LogP contribution in [0.2, 0.25) is 0 Å². The fraction of sp³-hybridized carbons (Fsp3) is 0.959. The largest absolute Gasteiger partial charge is 0.394 e. The van der Waals surface area contributed by atoms with E-state index in [1.54, 1.807) is 0 Å². The van der Waals surface area contributed by atoms with Crippen LogP contribution in [0, 0.1) is 0 Å². The summed E-state index contributed by atoms with van der Waals surface area (Å²) in [5.74, 6) is -0.584. The average Bonchev–Trinajstić information content (AvgIpc) is 3.45. The Labute approximate surface area is 495 Å². The van der Waals surface area contributed by atoms with Gasteiger partial charge in [-0.25, -0.2) is 0 Å². The maximum Gasteiger partial charge on any atom is 0.249 e. The molecule has 0 aromatic heterocycles. The lowest BCUT2D eigenvalue weighted by Gasteiger charge is -2.27. The third kappa shape index (κ3) is 61.4. The second-order valence-corrected chi connectivity index (χ2v) is 25.7. The van der Waals surface area contributed by atoms with E-state index in [0.717, 1.165) is 38.5 Å². The molecule has 0 saturated heterocycles. The number of unbranched alkanes of at least 4 members (excludes halogenated alkanes) is 58. The molecule has 79 heavy (non-hydrogen) atoms. The van der Waals surface area contributed by atoms with Gasteiger partial charge in [0.05, 0.1) is 18.8 Å². The van der Waals surface area contributed by atoms with Crippen LogP contribution in [0.25, 0.3) is 0 Å². The molecule has 5 N–H and O–H groups in total. The third-order valence-corrected chi connectivity index (χ3v) is 17.7. The molecule has 0 heterocycles. The summed E-state index contributed by atoms with van der Waals surface area (Å²) >= 11 is 0. The van der Waals surface area contributed by atoms with Gasteiger partial charge in [0.25, 0.3) is 0 Å². The standard InChI is InChI=1S/C73H145NO5/c1-3-5-7-9-11-13-15-17-19-21-23-25-27-29-30-31-32-33-34-35-36-37-38-39-40-41-43-45-47-49-51-53-55-57-59-61-63-65-67-71(77)73(79)74-69(68-75)72(78)70(76)66-64-62-60-58-56-54-52-50-48-46-44-42-28-26-24-22-20-18-16-14-12-10-8-6-4-2/h58,60,69-72,75-78H,3-57,59,61-68H2,1-2H3,(H,74,79)/b60-58+. The van der Waals surface area contributed by atoms with E-state index in [1.807, 2.05) is 0 Å². The zero-order chi connectivity index (χ0) is 57.3. The number of amides is 1. The molecule has 1 amide bonds. The van der Waals surface area contributed by atoms with Gasteiger partial charge in [0.2, 0.25) is 5.91 Å². The first-order chi connectivity index (χ1) is 39.0. The van der Waals surface area contributed by atoms with Crippen molar-refractivity contribution in [1.82, 2.24) is 5.32 Å². The third-order valence-electron chi connectivity index (χ3n) is 17.7. The number of carbonyl (C=O) groups excluding carboxylic acids is 1. The molecule has 4 unspecified atom stereocenters. The first-order valence-electron chi connectivity index (χ1n) is 36.6. The normalized spacial score (nSPS) is 13.4. The average molecular weight is 1120 g/mol. The van der Waals surface area contributed by atoms with E-state index in [9.17, 15) is 25.2 Å². The molecule has 0 aliphatic rings. The summed E-state index contributed by atoms with van der Waals surface area (Å²) < 4.78 is 0. The molecule has 0 rings (SSSR count). The number of aliphatic hydroxyl groups excluding tert-OH is 4. The first kappa shape index (κ1) is 78.0. The minimum atomic E-state index is -1.28. The Morgan fingerprint density at radius 3 is 0.759 bits per heavy atom. The fourth-order valence-electron chi connectivity index (χ4n) is 12.1. The highest BCUT2D eigenvalue weighted by Crippen LogP contribution is 2.20. The Hall–Kier alpha value is -0.950. The second kappa shape index (κ2) is 67.8. The highest BCUT2D eigenvalue weighted by molar-refractivity contribution is 5.80. The van der Waals surface area contributed by atoms with E-state index >= 15 is 0 Å². The summed E-state index contributed by atoms with van der Waals surface area (Å²) in [6.07, 6.45) is 85.1. The van der Waals surface area contributed by atoms with E-state index in [2.05, 4.69) is 31.3 Å². The van der Waals surface area contributed by atoms with Crippen molar-refractivity contribution < 1.29 is 25.2 Å². The molecular weight excluding hydrogens is 971 g/mol. The van der Waals surface area contributed by atoms with E-state index in [0.29, 0.717) is 12.8 Å². The van der Waals surface area contributed by atoms with Crippen LogP contribution in [0.1, 0.15) is 418 Å². The van der Waals surface area contributed by atoms with E-state index in [1.165, 1.54) is 353 Å². The van der Waals surface area contributed by atoms with Crippen molar-refractivity contribution in [3.63, 3.8) is 0 Å². The molecule has 0 aromatic rings. The Morgan fingerprint density at radius 1 is 0.304 bits per heavy atom. The van der Waals surface area contributed by atoms with E-state index < -0.39 is 36.9 Å². The molecule has 4 atom stereocenters. The zero-order valence-electron chi connectivity index (χ0n) is 53.9. The highest BCUT2D eigenvalue weighted by Gasteiger charge is 2.28. The van der Waals surface area contributed by atoms with Crippen LogP contribution in [-0.4, -0.2) is 57.3 Å². The summed E-state index contributed by atoms with van der Waals surface area (Å²) in [6.45, 7) is 4.11. The van der Waals surface area contributed by atoms with Gasteiger partial charge in [-0.3, -0.25) is 4.79 Å². The maximum absolute atomic E-state index is 12.7. The Bertz CT molecular complexity index is 1160. The SMILES string of the molecule is CCCCCCCCCCCCCCCCCCCCCC/C=C/CCCC(O)C(O)C(CO)NC(=O)C(O)CCCCCCCCCCCCCCCCCCCCCCCCCCCCCCCCCCCCCCCC. The number of rotatable bonds is 69. The van der Waals surface area contributed by atoms with Gasteiger partial charge in [-0.05, 0) is 38.5 Å². The number of aliphatic hydroxyl groups is 4. The molecule has 0 bridgehead atoms. The van der Waals surface area contributed by atoms with Gasteiger partial charge in [-0.15, -0.1) is 0 Å². The molecule has 0 spiro atoms. The summed E-state index contributed by atoms with van der Waals surface area (Å²) in [4.78, 5) is 12.7. The van der Waals surface area contributed by atoms with Crippen molar-refractivity contribution in [2.45, 2.75) is 443 Å². The lowest BCUT2D eigenvalue weighted by molar-refractivity contribution is -0.132. The van der Waals surface area contributed by atoms with Crippen LogP contribution in [-0.2, 0) is 4.79 Å². The van der Waals surface area contributed by atoms with E-state index in [-0.39, 0.29) is 0 Å². The van der Waals surface area contributed by atoms with Crippen molar-refractivity contribution in [3.8, 4) is 0 Å². The minimum Gasteiger partial charge on any atom is -0.394 e. The Morgan fingerprint density at radius 2 is 0.519 bits per heavy atom. The Balaban J connectivity index is 3.50. The molecule has 6 heteroatoms. The van der Waals surface area contributed by atoms with Crippen LogP contribution < -0.4 is 5.32 Å². The predicted octanol–water partition coefficient (Wildman–Crippen LogP) is 22.7. The number of carbonyl (C=O) groups is 1. The Kier molecular flexibility index (Phi) is 67.0. The van der Waals surface area contributed by atoms with Gasteiger partial charge in [0.1, 0.15) is 12.2 Å². The summed E-state index contributed by atoms with van der Waals surface area (Å²) in [5.41, 5.74) is 0. The second-order valence-electron chi connectivity index (χ2n) is 25.7. The first-order valence-corrected chi connectivity index (χ1v) is 36.6. The number of nitrogens with one attached hydrogen (secondary N) is 1. The minimum absolute atomic E-state index is 0.369. The van der Waals surface area contributed by atoms with E-state index in [4.69, 9.17) is 0 Å². The molecule has 0 saturated carbocycles. The van der Waals surface area contributed by atoms with Gasteiger partial charge < -0.3 is 25.7 Å². The van der Waals surface area contributed by atoms with Crippen LogP contribution in [0.4, 0.5) is 0 Å². The quantitative estimate of drug-likeness (QED) is 0.0308. The fourth-order valence-corrected chi connectivity index (χ4v) is 12.1. The van der Waals surface area contributed by atoms with Crippen molar-refractivity contribution in [1.29, 1.82) is 0 Å². The lowest BCUT2D eigenvalue weighted by Crippen LogP contribution is -2.53. The van der Waals surface area contributed by atoms with Gasteiger partial charge in [-0.1, -0.05) is 392 Å². The summed E-state index contributed by atoms with van der Waals surface area (Å²) in [5, 5.41) is 44.2. The highest BCUT2D eigenvalue weighted by atomic mass is 16.3. The van der Waals surface area contributed by atoms with Crippen LogP contribution in [0.15, 0.2) is 12.2 Å². The molecule has 0 fully saturated rings. The predicted molar refractivity (Wildman–Crippen MR) is 348 cm³/mol. The molecule has 472 valence electrons. The molecular formula is C73H145NO5. The van der Waals surface area contributed by atoms with Crippen LogP contribution >= 0.6 is 0 Å². The monoisotopic (exact) mass is 1120 g/mol. The molecule has 0 radical (unpaired) electrons. The number of hydrogen-bond donors (Lipinski definition) is 5. The number of hydrogen-bond acceptors (Lipinski definition) is 5. The topological polar surface area (TPSA) is 110 Å². The van der Waals surface area contributed by atoms with Crippen molar-refractivity contribution in [3.05, 3.63) is 12.2 Å². The molecule has 6 nitrogen and oxygen atoms in total. The molecule has 0 aromatic carbocycles. The maximum atomic E-state index is 12.7. The van der Waals surface area contributed by atoms with Gasteiger partial charge >= 0.3 is 0 Å². The summed E-state index contributed by atoms with van der Waals surface area (Å²) in [7, 11) is 0. The zero-order valence-corrected chi connectivity index (χ0v) is 53.9.